The molecule has 1 N–H and O–H groups in total. The van der Waals surface area contributed by atoms with Crippen molar-refractivity contribution >= 4 is 27.8 Å². The molecular formula is C15H15BrF3NO3. The van der Waals surface area contributed by atoms with Gasteiger partial charge in [0.15, 0.2) is 5.41 Å². The summed E-state index contributed by atoms with van der Waals surface area (Å²) in [6.07, 6.45) is -5.04. The predicted molar refractivity (Wildman–Crippen MR) is 79.8 cm³/mol. The lowest BCUT2D eigenvalue weighted by Gasteiger charge is -2.27. The molecule has 0 aliphatic carbocycles. The Morgan fingerprint density at radius 2 is 2.04 bits per heavy atom. The maximum atomic E-state index is 13.1. The van der Waals surface area contributed by atoms with Crippen molar-refractivity contribution in [2.45, 2.75) is 25.4 Å². The van der Waals surface area contributed by atoms with Crippen LogP contribution in [-0.4, -0.2) is 41.1 Å². The number of likely N-dealkylation sites (tertiary alicyclic amines) is 1. The number of hydrogen-bond donors (Lipinski definition) is 1. The number of rotatable bonds is 4. The van der Waals surface area contributed by atoms with Crippen LogP contribution in [0.1, 0.15) is 18.4 Å². The van der Waals surface area contributed by atoms with Crippen molar-refractivity contribution in [2.24, 2.45) is 5.41 Å². The Hall–Kier alpha value is -1.57. The Morgan fingerprint density at radius 3 is 2.57 bits per heavy atom. The lowest BCUT2D eigenvalue weighted by Crippen LogP contribution is -2.47. The third-order valence-corrected chi connectivity index (χ3v) is 4.58. The summed E-state index contributed by atoms with van der Waals surface area (Å²) in [7, 11) is 0. The van der Waals surface area contributed by atoms with Crippen LogP contribution < -0.4 is 0 Å². The predicted octanol–water partition coefficient (Wildman–Crippen LogP) is 3.25. The number of benzene rings is 1. The molecule has 1 fully saturated rings. The molecular weight excluding hydrogens is 379 g/mol. The molecule has 1 aromatic rings. The lowest BCUT2D eigenvalue weighted by atomic mass is 9.86. The first kappa shape index (κ1) is 17.8. The van der Waals surface area contributed by atoms with Crippen LogP contribution in [0, 0.1) is 5.41 Å². The quantitative estimate of drug-likeness (QED) is 0.853. The fraction of sp³-hybridized carbons (Fsp3) is 0.467. The van der Waals surface area contributed by atoms with Gasteiger partial charge in [-0.3, -0.25) is 9.59 Å². The van der Waals surface area contributed by atoms with Crippen molar-refractivity contribution in [1.29, 1.82) is 0 Å². The van der Waals surface area contributed by atoms with Gasteiger partial charge < -0.3 is 10.0 Å². The zero-order chi connectivity index (χ0) is 17.3. The number of carboxylic acids is 1. The Morgan fingerprint density at radius 1 is 1.35 bits per heavy atom. The maximum Gasteiger partial charge on any atom is 0.406 e. The molecule has 1 unspecified atom stereocenters. The first-order chi connectivity index (χ1) is 10.7. The van der Waals surface area contributed by atoms with Crippen LogP contribution in [0.4, 0.5) is 13.2 Å². The van der Waals surface area contributed by atoms with Crippen molar-refractivity contribution in [2.75, 3.05) is 13.1 Å². The molecule has 1 amide bonds. The third-order valence-electron chi connectivity index (χ3n) is 4.09. The molecule has 0 radical (unpaired) electrons. The second-order valence-electron chi connectivity index (χ2n) is 5.58. The van der Waals surface area contributed by atoms with Gasteiger partial charge in [-0.05, 0) is 30.5 Å². The molecule has 1 heterocycles. The molecule has 2 rings (SSSR count). The number of amides is 1. The molecule has 0 bridgehead atoms. The molecule has 1 aliphatic rings. The second-order valence-corrected chi connectivity index (χ2v) is 6.50. The average molecular weight is 394 g/mol. The van der Waals surface area contributed by atoms with E-state index >= 15 is 0 Å². The Kier molecular flexibility index (Phi) is 5.03. The Bertz CT molecular complexity index is 620. The summed E-state index contributed by atoms with van der Waals surface area (Å²) >= 11 is 3.30. The zero-order valence-corrected chi connectivity index (χ0v) is 13.7. The van der Waals surface area contributed by atoms with Crippen LogP contribution in [0.2, 0.25) is 0 Å². The number of carboxylic acid groups (broad SMARTS) is 1. The molecule has 1 atom stereocenters. The summed E-state index contributed by atoms with van der Waals surface area (Å²) in [5, 5.41) is 8.97. The summed E-state index contributed by atoms with van der Waals surface area (Å²) < 4.78 is 40.1. The molecule has 23 heavy (non-hydrogen) atoms. The number of nitrogens with zero attached hydrogens (tertiary/aromatic N) is 1. The summed E-state index contributed by atoms with van der Waals surface area (Å²) in [4.78, 5) is 24.2. The Balaban J connectivity index is 2.01. The molecule has 0 spiro atoms. The van der Waals surface area contributed by atoms with E-state index < -0.39 is 36.4 Å². The van der Waals surface area contributed by atoms with E-state index in [9.17, 15) is 22.8 Å². The highest BCUT2D eigenvalue weighted by Crippen LogP contribution is 2.45. The van der Waals surface area contributed by atoms with Gasteiger partial charge in [0.05, 0.1) is 0 Å². The van der Waals surface area contributed by atoms with E-state index in [1.807, 2.05) is 18.2 Å². The molecule has 1 saturated heterocycles. The molecule has 1 aromatic carbocycles. The molecule has 0 saturated carbocycles. The molecule has 4 nitrogen and oxygen atoms in total. The van der Waals surface area contributed by atoms with Crippen molar-refractivity contribution < 1.29 is 27.9 Å². The van der Waals surface area contributed by atoms with E-state index in [1.165, 1.54) is 0 Å². The highest BCUT2D eigenvalue weighted by atomic mass is 79.9. The van der Waals surface area contributed by atoms with Gasteiger partial charge in [-0.1, -0.05) is 28.1 Å². The number of hydrogen-bond acceptors (Lipinski definition) is 2. The number of carbonyl (C=O) groups is 2. The largest absolute Gasteiger partial charge is 0.481 e. The van der Waals surface area contributed by atoms with Crippen LogP contribution >= 0.6 is 15.9 Å². The normalized spacial score (nSPS) is 21.5. The summed E-state index contributed by atoms with van der Waals surface area (Å²) in [5.41, 5.74) is -1.97. The van der Waals surface area contributed by atoms with E-state index in [0.29, 0.717) is 6.42 Å². The fourth-order valence-corrected chi connectivity index (χ4v) is 3.10. The number of halogens is 4. The zero-order valence-electron chi connectivity index (χ0n) is 12.1. The van der Waals surface area contributed by atoms with Gasteiger partial charge in [-0.15, -0.1) is 0 Å². The Labute approximate surface area is 139 Å². The first-order valence-electron chi connectivity index (χ1n) is 6.98. The van der Waals surface area contributed by atoms with Crippen molar-refractivity contribution in [3.63, 3.8) is 0 Å². The van der Waals surface area contributed by atoms with Gasteiger partial charge >= 0.3 is 12.1 Å². The van der Waals surface area contributed by atoms with Crippen LogP contribution in [0.5, 0.6) is 0 Å². The van der Waals surface area contributed by atoms with E-state index in [4.69, 9.17) is 5.11 Å². The van der Waals surface area contributed by atoms with Gasteiger partial charge in [0.1, 0.15) is 0 Å². The minimum Gasteiger partial charge on any atom is -0.481 e. The van der Waals surface area contributed by atoms with Gasteiger partial charge in [-0.25, -0.2) is 0 Å². The summed E-state index contributed by atoms with van der Waals surface area (Å²) in [5.74, 6) is -2.38. The van der Waals surface area contributed by atoms with Crippen molar-refractivity contribution in [1.82, 2.24) is 4.90 Å². The number of carbonyl (C=O) groups excluding carboxylic acids is 1. The monoisotopic (exact) mass is 393 g/mol. The maximum absolute atomic E-state index is 13.1. The average Bonchev–Trinajstić information content (AvgIpc) is 2.91. The van der Waals surface area contributed by atoms with Gasteiger partial charge in [0.2, 0.25) is 5.91 Å². The molecule has 8 heteroatoms. The molecule has 0 aromatic heterocycles. The first-order valence-corrected chi connectivity index (χ1v) is 7.77. The van der Waals surface area contributed by atoms with E-state index in [1.54, 1.807) is 6.07 Å². The van der Waals surface area contributed by atoms with E-state index in [2.05, 4.69) is 15.9 Å². The lowest BCUT2D eigenvalue weighted by molar-refractivity contribution is -0.227. The van der Waals surface area contributed by atoms with E-state index in [0.717, 1.165) is 14.9 Å². The number of aryl methyl sites for hydroxylation is 1. The van der Waals surface area contributed by atoms with Crippen LogP contribution in [0.25, 0.3) is 0 Å². The number of aliphatic carboxylic acids is 1. The van der Waals surface area contributed by atoms with Crippen molar-refractivity contribution in [3.05, 3.63) is 34.3 Å². The molecule has 1 aliphatic heterocycles. The van der Waals surface area contributed by atoms with E-state index in [-0.39, 0.29) is 13.0 Å². The van der Waals surface area contributed by atoms with Crippen LogP contribution in [-0.2, 0) is 16.0 Å². The second kappa shape index (κ2) is 6.51. The third kappa shape index (κ3) is 3.68. The smallest absolute Gasteiger partial charge is 0.406 e. The minimum atomic E-state index is -4.88. The highest BCUT2D eigenvalue weighted by Gasteiger charge is 2.64. The van der Waals surface area contributed by atoms with Gasteiger partial charge in [0, 0.05) is 24.0 Å². The molecule has 126 valence electrons. The summed E-state index contributed by atoms with van der Waals surface area (Å²) in [6, 6.07) is 7.28. The van der Waals surface area contributed by atoms with Crippen LogP contribution in [0.3, 0.4) is 0 Å². The standard InChI is InChI=1S/C15H15BrF3NO3/c16-11-3-1-2-10(8-11)4-5-12(21)20-7-6-14(9-20,13(22)23)15(17,18)19/h1-3,8H,4-7,9H2,(H,22,23). The highest BCUT2D eigenvalue weighted by molar-refractivity contribution is 9.10. The SMILES string of the molecule is O=C(CCc1cccc(Br)c1)N1CCC(C(=O)O)(C(F)(F)F)C1. The van der Waals surface area contributed by atoms with Gasteiger partial charge in [-0.2, -0.15) is 13.2 Å². The fourth-order valence-electron chi connectivity index (χ4n) is 2.65. The van der Waals surface area contributed by atoms with Crippen molar-refractivity contribution in [3.8, 4) is 0 Å². The summed E-state index contributed by atoms with van der Waals surface area (Å²) in [6.45, 7) is -1.01. The topological polar surface area (TPSA) is 57.6 Å². The van der Waals surface area contributed by atoms with Crippen LogP contribution in [0.15, 0.2) is 28.7 Å². The van der Waals surface area contributed by atoms with Gasteiger partial charge in [0.25, 0.3) is 0 Å². The number of alkyl halides is 3. The minimum absolute atomic E-state index is 0.0456.